The van der Waals surface area contributed by atoms with Crippen LogP contribution < -0.4 is 5.32 Å². The van der Waals surface area contributed by atoms with E-state index in [1.165, 1.54) is 4.31 Å². The van der Waals surface area contributed by atoms with E-state index in [-0.39, 0.29) is 25.0 Å². The third-order valence-corrected chi connectivity index (χ3v) is 5.61. The molecule has 2 rings (SSSR count). The van der Waals surface area contributed by atoms with Crippen molar-refractivity contribution in [1.82, 2.24) is 9.62 Å². The first-order valence-corrected chi connectivity index (χ1v) is 8.49. The minimum Gasteiger partial charge on any atom is -0.315 e. The molecule has 1 heterocycles. The van der Waals surface area contributed by atoms with E-state index in [1.54, 1.807) is 6.92 Å². The first kappa shape index (κ1) is 19.8. The fourth-order valence-corrected chi connectivity index (χ4v) is 4.57. The van der Waals surface area contributed by atoms with Gasteiger partial charge in [0.25, 0.3) is 15.7 Å². The van der Waals surface area contributed by atoms with Crippen LogP contribution in [0, 0.1) is 15.9 Å². The van der Waals surface area contributed by atoms with Gasteiger partial charge in [-0.25, -0.2) is 12.8 Å². The fourth-order valence-electron chi connectivity index (χ4n) is 2.62. The molecule has 1 N–H and O–H groups in total. The van der Waals surface area contributed by atoms with Crippen molar-refractivity contribution in [1.29, 1.82) is 0 Å². The first-order chi connectivity index (χ1) is 10.4. The number of nitro benzene ring substituents is 1. The third-order valence-electron chi connectivity index (χ3n) is 3.60. The van der Waals surface area contributed by atoms with Crippen molar-refractivity contribution in [3.05, 3.63) is 34.1 Å². The lowest BCUT2D eigenvalue weighted by atomic mass is 10.2. The van der Waals surface area contributed by atoms with Crippen LogP contribution in [0.25, 0.3) is 0 Å². The highest BCUT2D eigenvalue weighted by molar-refractivity contribution is 7.89. The number of halogens is 2. The number of benzene rings is 1. The quantitative estimate of drug-likeness (QED) is 0.612. The second-order valence-corrected chi connectivity index (χ2v) is 6.93. The Hall–Kier alpha value is -1.29. The van der Waals surface area contributed by atoms with Gasteiger partial charge in [-0.15, -0.1) is 12.4 Å². The molecule has 7 nitrogen and oxygen atoms in total. The van der Waals surface area contributed by atoms with Crippen LogP contribution in [-0.4, -0.2) is 43.3 Å². The lowest BCUT2D eigenvalue weighted by molar-refractivity contribution is -0.388. The Bertz CT molecular complexity index is 665. The molecule has 10 heteroatoms. The van der Waals surface area contributed by atoms with Gasteiger partial charge in [0.15, 0.2) is 4.90 Å². The van der Waals surface area contributed by atoms with Gasteiger partial charge in [-0.2, -0.15) is 4.31 Å². The van der Waals surface area contributed by atoms with Crippen molar-refractivity contribution in [3.63, 3.8) is 0 Å². The molecule has 1 atom stereocenters. The highest BCUT2D eigenvalue weighted by Crippen LogP contribution is 2.31. The summed E-state index contributed by atoms with van der Waals surface area (Å²) in [6.45, 7) is 3.13. The van der Waals surface area contributed by atoms with Gasteiger partial charge in [0, 0.05) is 25.2 Å². The second kappa shape index (κ2) is 8.00. The predicted octanol–water partition coefficient (Wildman–Crippen LogP) is 1.92. The molecule has 0 aromatic heterocycles. The second-order valence-electron chi connectivity index (χ2n) is 5.11. The summed E-state index contributed by atoms with van der Waals surface area (Å²) in [6.07, 6.45) is 1.14. The summed E-state index contributed by atoms with van der Waals surface area (Å²) in [6, 6.07) is 2.75. The molecule has 0 amide bonds. The summed E-state index contributed by atoms with van der Waals surface area (Å²) >= 11 is 0. The molecule has 0 spiro atoms. The molecule has 130 valence electrons. The largest absolute Gasteiger partial charge is 0.315 e. The molecule has 0 saturated carbocycles. The van der Waals surface area contributed by atoms with Gasteiger partial charge < -0.3 is 5.32 Å². The number of hydrogen-bond donors (Lipinski definition) is 1. The Balaban J connectivity index is 0.00000264. The van der Waals surface area contributed by atoms with Gasteiger partial charge in [-0.1, -0.05) is 13.0 Å². The summed E-state index contributed by atoms with van der Waals surface area (Å²) in [5.74, 6) is -1.10. The first-order valence-electron chi connectivity index (χ1n) is 7.05. The van der Waals surface area contributed by atoms with Crippen LogP contribution in [-0.2, 0) is 10.0 Å². The smallest absolute Gasteiger partial charge is 0.292 e. The molecule has 1 saturated heterocycles. The average molecular weight is 368 g/mol. The number of hydrogen-bond acceptors (Lipinski definition) is 5. The van der Waals surface area contributed by atoms with Gasteiger partial charge >= 0.3 is 0 Å². The number of nitrogens with zero attached hydrogens (tertiary/aromatic N) is 2. The van der Waals surface area contributed by atoms with Crippen LogP contribution >= 0.6 is 12.4 Å². The van der Waals surface area contributed by atoms with E-state index in [1.807, 2.05) is 0 Å². The predicted molar refractivity (Wildman–Crippen MR) is 85.8 cm³/mol. The standard InChI is InChI=1S/C13H18FN3O4S.ClH/c1-2-8-16(10-6-7-15-9-10)22(20,21)13-11(14)4-3-5-12(13)17(18)19;/h3-5,10,15H,2,6-9H2,1H3;1H. The zero-order valence-electron chi connectivity index (χ0n) is 12.6. The van der Waals surface area contributed by atoms with Crippen LogP contribution in [0.1, 0.15) is 19.8 Å². The summed E-state index contributed by atoms with van der Waals surface area (Å²) in [5.41, 5.74) is -0.730. The van der Waals surface area contributed by atoms with E-state index >= 15 is 0 Å². The maximum atomic E-state index is 14.1. The van der Waals surface area contributed by atoms with E-state index in [0.29, 0.717) is 25.9 Å². The molecular formula is C13H19ClFN3O4S. The molecule has 1 aliphatic heterocycles. The Morgan fingerprint density at radius 1 is 1.48 bits per heavy atom. The number of rotatable bonds is 6. The van der Waals surface area contributed by atoms with Crippen molar-refractivity contribution in [2.75, 3.05) is 19.6 Å². The lowest BCUT2D eigenvalue weighted by Crippen LogP contribution is -2.42. The van der Waals surface area contributed by atoms with Crippen LogP contribution in [0.2, 0.25) is 0 Å². The molecule has 1 aromatic rings. The summed E-state index contributed by atoms with van der Waals surface area (Å²) in [4.78, 5) is 9.35. The molecule has 1 aromatic carbocycles. The number of nitrogens with one attached hydrogen (secondary N) is 1. The zero-order valence-corrected chi connectivity index (χ0v) is 14.2. The van der Waals surface area contributed by atoms with E-state index in [9.17, 15) is 22.9 Å². The van der Waals surface area contributed by atoms with Gasteiger partial charge in [0.2, 0.25) is 0 Å². The van der Waals surface area contributed by atoms with Gasteiger partial charge in [-0.3, -0.25) is 10.1 Å². The molecule has 0 aliphatic carbocycles. The molecular weight excluding hydrogens is 349 g/mol. The lowest BCUT2D eigenvalue weighted by Gasteiger charge is -2.27. The van der Waals surface area contributed by atoms with Crippen LogP contribution in [0.4, 0.5) is 10.1 Å². The average Bonchev–Trinajstić information content (AvgIpc) is 2.97. The third kappa shape index (κ3) is 3.97. The van der Waals surface area contributed by atoms with Crippen LogP contribution in [0.5, 0.6) is 0 Å². The maximum absolute atomic E-state index is 14.1. The van der Waals surface area contributed by atoms with Crippen molar-refractivity contribution in [3.8, 4) is 0 Å². The van der Waals surface area contributed by atoms with Crippen molar-refractivity contribution in [2.45, 2.75) is 30.7 Å². The Morgan fingerprint density at radius 3 is 2.70 bits per heavy atom. The summed E-state index contributed by atoms with van der Waals surface area (Å²) in [5, 5.41) is 14.1. The molecule has 23 heavy (non-hydrogen) atoms. The minimum absolute atomic E-state index is 0. The Morgan fingerprint density at radius 2 is 2.17 bits per heavy atom. The van der Waals surface area contributed by atoms with Crippen molar-refractivity contribution in [2.24, 2.45) is 0 Å². The van der Waals surface area contributed by atoms with Crippen LogP contribution in [0.3, 0.4) is 0 Å². The van der Waals surface area contributed by atoms with Crippen LogP contribution in [0.15, 0.2) is 23.1 Å². The minimum atomic E-state index is -4.28. The van der Waals surface area contributed by atoms with Gasteiger partial charge in [0.1, 0.15) is 5.82 Å². The van der Waals surface area contributed by atoms with Gasteiger partial charge in [-0.05, 0) is 25.5 Å². The number of nitro groups is 1. The van der Waals surface area contributed by atoms with E-state index < -0.39 is 31.3 Å². The summed E-state index contributed by atoms with van der Waals surface area (Å²) < 4.78 is 40.9. The van der Waals surface area contributed by atoms with Gasteiger partial charge in [0.05, 0.1) is 4.92 Å². The molecule has 0 bridgehead atoms. The topological polar surface area (TPSA) is 92.6 Å². The fraction of sp³-hybridized carbons (Fsp3) is 0.538. The van der Waals surface area contributed by atoms with Crippen molar-refractivity contribution >= 4 is 28.1 Å². The molecule has 1 unspecified atom stereocenters. The molecule has 0 radical (unpaired) electrons. The molecule has 1 fully saturated rings. The molecule has 1 aliphatic rings. The van der Waals surface area contributed by atoms with Crippen molar-refractivity contribution < 1.29 is 17.7 Å². The summed E-state index contributed by atoms with van der Waals surface area (Å²) in [7, 11) is -4.28. The highest BCUT2D eigenvalue weighted by atomic mass is 35.5. The van der Waals surface area contributed by atoms with E-state index in [2.05, 4.69) is 5.32 Å². The zero-order chi connectivity index (χ0) is 16.3. The van der Waals surface area contributed by atoms with E-state index in [4.69, 9.17) is 0 Å². The highest BCUT2D eigenvalue weighted by Gasteiger charge is 2.38. The maximum Gasteiger partial charge on any atom is 0.292 e. The van der Waals surface area contributed by atoms with E-state index in [0.717, 1.165) is 18.2 Å². The monoisotopic (exact) mass is 367 g/mol. The number of sulfonamides is 1. The normalized spacial score (nSPS) is 18.0. The Kier molecular flexibility index (Phi) is 6.87. The SMILES string of the molecule is CCCN(C1CCNC1)S(=O)(=O)c1c(F)cccc1[N+](=O)[O-].Cl. The Labute approximate surface area is 140 Å².